The largest absolute Gasteiger partial charge is 2.00 e. The number of rotatable bonds is 1. The van der Waals surface area contributed by atoms with Gasteiger partial charge >= 0.3 is 96.9 Å². The first-order valence-electron chi connectivity index (χ1n) is 1.56. The molecule has 8 heavy (non-hydrogen) atoms. The van der Waals surface area contributed by atoms with Crippen molar-refractivity contribution in [2.24, 2.45) is 0 Å². The molecule has 0 rings (SSSR count). The summed E-state index contributed by atoms with van der Waals surface area (Å²) in [7, 11) is 0. The molecule has 1 unspecified atom stereocenters. The number of aliphatic hydroxyl groups excluding tert-OH is 2. The van der Waals surface area contributed by atoms with Crippen molar-refractivity contribution in [2.45, 2.75) is 13.0 Å². The molecular weight excluding hydrogens is 154 g/mol. The fourth-order valence-corrected chi connectivity index (χ4v) is 0. The van der Waals surface area contributed by atoms with E-state index in [1.165, 1.54) is 6.92 Å². The summed E-state index contributed by atoms with van der Waals surface area (Å²) in [5.41, 5.74) is 0. The van der Waals surface area contributed by atoms with Crippen LogP contribution in [0.4, 0.5) is 0 Å². The summed E-state index contributed by atoms with van der Waals surface area (Å²) in [4.78, 5) is 0. The van der Waals surface area contributed by atoms with Gasteiger partial charge in [-0.15, -0.1) is 0 Å². The van der Waals surface area contributed by atoms with Gasteiger partial charge in [0.25, 0.3) is 0 Å². The molecule has 0 aliphatic rings. The van der Waals surface area contributed by atoms with Crippen molar-refractivity contribution in [1.82, 2.24) is 0 Å². The average Bonchev–Trinajstić information content (AvgIpc) is 1.38. The Labute approximate surface area is 130 Å². The van der Waals surface area contributed by atoms with Gasteiger partial charge in [-0.3, -0.25) is 0 Å². The summed E-state index contributed by atoms with van der Waals surface area (Å²) in [5.74, 6) is 0. The van der Waals surface area contributed by atoms with Crippen LogP contribution in [0.3, 0.4) is 0 Å². The van der Waals surface area contributed by atoms with Gasteiger partial charge in [0.05, 0.1) is 12.7 Å². The molecule has 2 N–H and O–H groups in total. The number of hydrogen-bond donors (Lipinski definition) is 2. The van der Waals surface area contributed by atoms with E-state index < -0.39 is 6.10 Å². The van der Waals surface area contributed by atoms with Crippen molar-refractivity contribution < 1.29 is 75.0 Å². The molecular formula is C3H12CaNa2O2. The third-order valence-corrected chi connectivity index (χ3v) is 0.264. The van der Waals surface area contributed by atoms with Crippen molar-refractivity contribution >= 4 is 37.7 Å². The van der Waals surface area contributed by atoms with Crippen molar-refractivity contribution in [3.8, 4) is 0 Å². The second kappa shape index (κ2) is 16.6. The summed E-state index contributed by atoms with van der Waals surface area (Å²) < 4.78 is 0. The van der Waals surface area contributed by atoms with E-state index in [9.17, 15) is 0 Å². The summed E-state index contributed by atoms with van der Waals surface area (Å²) in [5, 5.41) is 16.0. The fraction of sp³-hybridized carbons (Fsp3) is 1.00. The molecule has 0 saturated heterocycles. The standard InChI is InChI=1S/C3H8O2.Ca.2Na.4H/c1-3(5)2-4;;;;;;;/h3-5H,2H2,1H3;;;;;;;/q;+2;2*+1;4*-1. The Morgan fingerprint density at radius 2 is 1.62 bits per heavy atom. The topological polar surface area (TPSA) is 40.5 Å². The maximum Gasteiger partial charge on any atom is 2.00 e. The van der Waals surface area contributed by atoms with Crippen LogP contribution in [0.5, 0.6) is 0 Å². The SMILES string of the molecule is CC(O)CO.[Ca+2].[H-].[H-].[H-].[H-].[Na+].[Na+]. The quantitative estimate of drug-likeness (QED) is 0.380. The van der Waals surface area contributed by atoms with Crippen LogP contribution in [0.25, 0.3) is 0 Å². The van der Waals surface area contributed by atoms with E-state index in [1.807, 2.05) is 0 Å². The molecule has 0 fully saturated rings. The molecule has 0 radical (unpaired) electrons. The molecule has 2 nitrogen and oxygen atoms in total. The van der Waals surface area contributed by atoms with Gasteiger partial charge in [0.2, 0.25) is 0 Å². The Kier molecular flexibility index (Phi) is 46.7. The second-order valence-corrected chi connectivity index (χ2v) is 1.03. The van der Waals surface area contributed by atoms with Crippen molar-refractivity contribution in [1.29, 1.82) is 0 Å². The minimum atomic E-state index is -0.560. The van der Waals surface area contributed by atoms with Crippen molar-refractivity contribution in [3.05, 3.63) is 0 Å². The van der Waals surface area contributed by atoms with Crippen LogP contribution in [-0.4, -0.2) is 60.7 Å². The number of hydrogen-bond acceptors (Lipinski definition) is 2. The Morgan fingerprint density at radius 3 is 1.62 bits per heavy atom. The van der Waals surface area contributed by atoms with Crippen LogP contribution in [0.1, 0.15) is 12.6 Å². The van der Waals surface area contributed by atoms with E-state index in [1.54, 1.807) is 0 Å². The van der Waals surface area contributed by atoms with Crippen LogP contribution in [0.2, 0.25) is 0 Å². The van der Waals surface area contributed by atoms with Gasteiger partial charge in [-0.05, 0) is 6.92 Å². The monoisotopic (exact) mass is 166 g/mol. The zero-order chi connectivity index (χ0) is 4.28. The average molecular weight is 166 g/mol. The van der Waals surface area contributed by atoms with Gasteiger partial charge in [-0.2, -0.15) is 0 Å². The van der Waals surface area contributed by atoms with Crippen LogP contribution in [-0.2, 0) is 0 Å². The van der Waals surface area contributed by atoms with Gasteiger partial charge in [0.1, 0.15) is 0 Å². The van der Waals surface area contributed by atoms with Crippen molar-refractivity contribution in [2.75, 3.05) is 6.61 Å². The molecule has 0 aliphatic heterocycles. The Balaban J connectivity index is -0.00000000381. The molecule has 0 bridgehead atoms. The minimum Gasteiger partial charge on any atom is -1.00 e. The first kappa shape index (κ1) is 22.5. The van der Waals surface area contributed by atoms with Gasteiger partial charge in [0.15, 0.2) is 0 Å². The molecule has 0 aromatic carbocycles. The summed E-state index contributed by atoms with van der Waals surface area (Å²) in [6, 6.07) is 0. The van der Waals surface area contributed by atoms with E-state index in [-0.39, 0.29) is 109 Å². The van der Waals surface area contributed by atoms with E-state index in [0.29, 0.717) is 0 Å². The fourth-order valence-electron chi connectivity index (χ4n) is 0. The Hall–Kier alpha value is 3.18. The van der Waals surface area contributed by atoms with Gasteiger partial charge in [0, 0.05) is 0 Å². The Morgan fingerprint density at radius 1 is 1.50 bits per heavy atom. The third kappa shape index (κ3) is 22.9. The predicted octanol–water partition coefficient (Wildman–Crippen LogP) is -6.56. The molecule has 0 saturated carbocycles. The van der Waals surface area contributed by atoms with Gasteiger partial charge in [-0.1, -0.05) is 0 Å². The van der Waals surface area contributed by atoms with Crippen LogP contribution in [0.15, 0.2) is 0 Å². The first-order valence-corrected chi connectivity index (χ1v) is 1.56. The zero-order valence-electron chi connectivity index (χ0n) is 9.89. The van der Waals surface area contributed by atoms with E-state index >= 15 is 0 Å². The minimum absolute atomic E-state index is 0. The van der Waals surface area contributed by atoms with Gasteiger partial charge in [-0.25, -0.2) is 0 Å². The van der Waals surface area contributed by atoms with E-state index in [2.05, 4.69) is 0 Å². The summed E-state index contributed by atoms with van der Waals surface area (Å²) in [6.07, 6.45) is -0.560. The third-order valence-electron chi connectivity index (χ3n) is 0.264. The number of aliphatic hydroxyl groups is 2. The Bertz CT molecular complexity index is 40.3. The molecule has 5 heteroatoms. The molecule has 0 amide bonds. The molecule has 0 aromatic rings. The summed E-state index contributed by atoms with van der Waals surface area (Å²) >= 11 is 0. The van der Waals surface area contributed by atoms with Crippen LogP contribution in [0, 0.1) is 0 Å². The maximum atomic E-state index is 8.11. The van der Waals surface area contributed by atoms with E-state index in [0.717, 1.165) is 0 Å². The zero-order valence-corrected chi connectivity index (χ0v) is 12.1. The molecule has 0 spiro atoms. The maximum absolute atomic E-state index is 8.11. The molecule has 40 valence electrons. The summed E-state index contributed by atoms with van der Waals surface area (Å²) in [6.45, 7) is 1.39. The van der Waals surface area contributed by atoms with Crippen LogP contribution >= 0.6 is 0 Å². The smallest absolute Gasteiger partial charge is 1.00 e. The second-order valence-electron chi connectivity index (χ2n) is 1.03. The van der Waals surface area contributed by atoms with Crippen LogP contribution < -0.4 is 59.1 Å². The van der Waals surface area contributed by atoms with Crippen molar-refractivity contribution in [3.63, 3.8) is 0 Å². The molecule has 0 aliphatic carbocycles. The molecule has 0 heterocycles. The van der Waals surface area contributed by atoms with E-state index in [4.69, 9.17) is 10.2 Å². The molecule has 0 aromatic heterocycles. The molecule has 1 atom stereocenters. The predicted molar refractivity (Wildman–Crippen MR) is 29.0 cm³/mol. The first-order chi connectivity index (χ1) is 2.27. The normalized spacial score (nSPS) is 9.38. The van der Waals surface area contributed by atoms with Gasteiger partial charge < -0.3 is 15.9 Å².